The van der Waals surface area contributed by atoms with Gasteiger partial charge < -0.3 is 15.2 Å². The number of hydrogen-bond acceptors (Lipinski definition) is 3. The Bertz CT molecular complexity index is 646. The zero-order valence-electron chi connectivity index (χ0n) is 13.5. The predicted octanol–water partition coefficient (Wildman–Crippen LogP) is 3.41. The zero-order chi connectivity index (χ0) is 17.6. The van der Waals surface area contributed by atoms with Crippen molar-refractivity contribution in [2.75, 3.05) is 0 Å². The van der Waals surface area contributed by atoms with Crippen LogP contribution in [-0.4, -0.2) is 27.4 Å². The Balaban J connectivity index is 0.000000570. The molecule has 2 atom stereocenters. The molecule has 135 valence electrons. The van der Waals surface area contributed by atoms with Gasteiger partial charge in [-0.25, -0.2) is 4.39 Å². The van der Waals surface area contributed by atoms with Crippen LogP contribution in [0.4, 0.5) is 13.2 Å². The van der Waals surface area contributed by atoms with Crippen LogP contribution in [0.2, 0.25) is 0 Å². The largest absolute Gasteiger partial charge is 0.393 e. The van der Waals surface area contributed by atoms with E-state index in [4.69, 9.17) is 10.2 Å². The molecule has 0 amide bonds. The Morgan fingerprint density at radius 1 is 1.12 bits per heavy atom. The fourth-order valence-electron chi connectivity index (χ4n) is 1.83. The van der Waals surface area contributed by atoms with Crippen molar-refractivity contribution in [3.05, 3.63) is 53.5 Å². The Morgan fingerprint density at radius 2 is 1.71 bits per heavy atom. The molecule has 1 aromatic heterocycles. The number of nitrogens with zero attached hydrogens (tertiary/aromatic N) is 1. The number of aliphatic hydroxyl groups excluding tert-OH is 2. The quantitative estimate of drug-likeness (QED) is 0.484. The van der Waals surface area contributed by atoms with E-state index in [2.05, 4.69) is 11.1 Å². The third-order valence-corrected chi connectivity index (χ3v) is 2.82. The summed E-state index contributed by atoms with van der Waals surface area (Å²) in [4.78, 5) is 3.88. The number of halogens is 3. The van der Waals surface area contributed by atoms with Crippen molar-refractivity contribution in [3.8, 4) is 11.3 Å². The number of rotatable bonds is 3. The minimum Gasteiger partial charge on any atom is -0.393 e. The topological polar surface area (TPSA) is 53.4 Å². The number of hydrogen-bond donors (Lipinski definition) is 2. The summed E-state index contributed by atoms with van der Waals surface area (Å²) >= 11 is 0. The van der Waals surface area contributed by atoms with E-state index in [9.17, 15) is 13.2 Å². The van der Waals surface area contributed by atoms with E-state index in [-0.39, 0.29) is 43.6 Å². The summed E-state index contributed by atoms with van der Waals surface area (Å²) in [6.07, 6.45) is 1.19. The molecule has 2 unspecified atom stereocenters. The molecular weight excluding hydrogens is 499 g/mol. The number of aliphatic hydroxyl groups is 2. The van der Waals surface area contributed by atoms with Gasteiger partial charge in [0.15, 0.2) is 0 Å². The Kier molecular flexibility index (Phi) is 10.0. The fourth-order valence-corrected chi connectivity index (χ4v) is 1.83. The molecule has 0 fully saturated rings. The van der Waals surface area contributed by atoms with Crippen molar-refractivity contribution in [2.45, 2.75) is 39.4 Å². The second-order valence-electron chi connectivity index (χ2n) is 5.29. The molecule has 1 heterocycles. The Hall–Kier alpha value is -1.27. The van der Waals surface area contributed by atoms with Gasteiger partial charge in [0.25, 0.3) is 0 Å². The van der Waals surface area contributed by atoms with Crippen molar-refractivity contribution in [1.82, 2.24) is 4.98 Å². The summed E-state index contributed by atoms with van der Waals surface area (Å²) < 4.78 is 39.1. The van der Waals surface area contributed by atoms with E-state index < -0.39 is 17.5 Å². The SMILES string of the molecule is CC(O)CC(C)O.Cc1ccnc(-c2[c-]cc(F)c(F)c2F)c1.[Ir]. The monoisotopic (exact) mass is 519 g/mol. The van der Waals surface area contributed by atoms with Gasteiger partial charge in [0.05, 0.1) is 23.8 Å². The summed E-state index contributed by atoms with van der Waals surface area (Å²) in [6.45, 7) is 5.11. The van der Waals surface area contributed by atoms with Crippen molar-refractivity contribution in [2.24, 2.45) is 0 Å². The number of benzene rings is 1. The number of pyridine rings is 1. The van der Waals surface area contributed by atoms with Crippen LogP contribution in [0.3, 0.4) is 0 Å². The van der Waals surface area contributed by atoms with Crippen LogP contribution in [-0.2, 0) is 20.1 Å². The first-order valence-corrected chi connectivity index (χ1v) is 7.06. The average Bonchev–Trinajstić information content (AvgIpc) is 2.44. The molecule has 7 heteroatoms. The van der Waals surface area contributed by atoms with Crippen LogP contribution in [0.1, 0.15) is 25.8 Å². The molecule has 0 aliphatic carbocycles. The third kappa shape index (κ3) is 7.09. The van der Waals surface area contributed by atoms with Gasteiger partial charge in [-0.3, -0.25) is 8.78 Å². The zero-order valence-corrected chi connectivity index (χ0v) is 15.9. The molecule has 2 rings (SSSR count). The average molecular weight is 519 g/mol. The maximum Gasteiger partial charge on any atom is 0.111 e. The summed E-state index contributed by atoms with van der Waals surface area (Å²) in [6, 6.07) is 6.40. The smallest absolute Gasteiger partial charge is 0.111 e. The summed E-state index contributed by atoms with van der Waals surface area (Å²) in [5, 5.41) is 17.1. The van der Waals surface area contributed by atoms with Crippen LogP contribution < -0.4 is 0 Å². The van der Waals surface area contributed by atoms with Crippen LogP contribution >= 0.6 is 0 Å². The van der Waals surface area contributed by atoms with Gasteiger partial charge in [-0.05, 0) is 39.0 Å². The molecule has 24 heavy (non-hydrogen) atoms. The molecule has 0 aliphatic heterocycles. The van der Waals surface area contributed by atoms with E-state index in [0.717, 1.165) is 11.6 Å². The van der Waals surface area contributed by atoms with Gasteiger partial charge >= 0.3 is 0 Å². The first-order valence-electron chi connectivity index (χ1n) is 7.06. The normalized spacial score (nSPS) is 12.5. The van der Waals surface area contributed by atoms with Gasteiger partial charge in [0, 0.05) is 26.3 Å². The molecule has 0 saturated heterocycles. The first kappa shape index (κ1) is 22.7. The standard InChI is InChI=1S/C12H7F3N.C5H12O2.Ir/c1-7-4-5-16-10(6-7)8-2-3-9(13)12(15)11(8)14;1-4(6)3-5(2)7;/h3-6H,1H3;4-7H,3H2,1-2H3;/q-1;;. The minimum atomic E-state index is -1.50. The maximum absolute atomic E-state index is 13.4. The second kappa shape index (κ2) is 10.6. The molecule has 0 aliphatic rings. The van der Waals surface area contributed by atoms with Crippen LogP contribution in [0, 0.1) is 30.4 Å². The Morgan fingerprint density at radius 3 is 2.17 bits per heavy atom. The van der Waals surface area contributed by atoms with E-state index in [1.165, 1.54) is 6.20 Å². The molecule has 1 radical (unpaired) electrons. The molecular formula is C17H19F3IrNO2-. The second-order valence-corrected chi connectivity index (χ2v) is 5.29. The first-order chi connectivity index (χ1) is 10.7. The summed E-state index contributed by atoms with van der Waals surface area (Å²) in [5.74, 6) is -4.02. The molecule has 3 nitrogen and oxygen atoms in total. The fraction of sp³-hybridized carbons (Fsp3) is 0.353. The summed E-state index contributed by atoms with van der Waals surface area (Å²) in [7, 11) is 0. The van der Waals surface area contributed by atoms with E-state index in [1.54, 1.807) is 32.9 Å². The molecule has 0 bridgehead atoms. The molecule has 2 N–H and O–H groups in total. The van der Waals surface area contributed by atoms with Crippen molar-refractivity contribution >= 4 is 0 Å². The van der Waals surface area contributed by atoms with Gasteiger partial charge in [-0.1, -0.05) is 17.2 Å². The van der Waals surface area contributed by atoms with Crippen molar-refractivity contribution < 1.29 is 43.5 Å². The van der Waals surface area contributed by atoms with Crippen molar-refractivity contribution in [3.63, 3.8) is 0 Å². The molecule has 2 aromatic rings. The van der Waals surface area contributed by atoms with Gasteiger partial charge in [0.2, 0.25) is 0 Å². The van der Waals surface area contributed by atoms with Crippen LogP contribution in [0.25, 0.3) is 11.3 Å². The molecule has 1 aromatic carbocycles. The Labute approximate surface area is 152 Å². The van der Waals surface area contributed by atoms with Gasteiger partial charge in [0.1, 0.15) is 5.82 Å². The summed E-state index contributed by atoms with van der Waals surface area (Å²) in [5.41, 5.74) is 0.918. The molecule has 0 spiro atoms. The van der Waals surface area contributed by atoms with E-state index in [0.29, 0.717) is 6.42 Å². The van der Waals surface area contributed by atoms with E-state index in [1.807, 2.05) is 0 Å². The number of aryl methyl sites for hydroxylation is 1. The van der Waals surface area contributed by atoms with E-state index >= 15 is 0 Å². The minimum absolute atomic E-state index is 0. The van der Waals surface area contributed by atoms with Gasteiger partial charge in [-0.2, -0.15) is 0 Å². The predicted molar refractivity (Wildman–Crippen MR) is 81.1 cm³/mol. The van der Waals surface area contributed by atoms with Crippen LogP contribution in [0.15, 0.2) is 24.4 Å². The third-order valence-electron chi connectivity index (χ3n) is 2.82. The maximum atomic E-state index is 13.4. The number of aromatic nitrogens is 1. The van der Waals surface area contributed by atoms with Crippen LogP contribution in [0.5, 0.6) is 0 Å². The van der Waals surface area contributed by atoms with Crippen molar-refractivity contribution in [1.29, 1.82) is 0 Å². The molecule has 0 saturated carbocycles. The van der Waals surface area contributed by atoms with Gasteiger partial charge in [-0.15, -0.1) is 12.1 Å².